The maximum Gasteiger partial charge on any atom is 0.255 e. The summed E-state index contributed by atoms with van der Waals surface area (Å²) >= 11 is 1.44. The summed E-state index contributed by atoms with van der Waals surface area (Å²) in [5.74, 6) is 5.25. The zero-order chi connectivity index (χ0) is 17.3. The van der Waals surface area contributed by atoms with Crippen LogP contribution in [0, 0.1) is 0 Å². The van der Waals surface area contributed by atoms with Crippen molar-refractivity contribution in [2.45, 2.75) is 26.2 Å². The SMILES string of the molecule is CC(C)(C)c1ccc(C(=O)Nc2ccc3nc(NN)sc3c2)cc1. The van der Waals surface area contributed by atoms with Crippen LogP contribution in [0.15, 0.2) is 42.5 Å². The smallest absolute Gasteiger partial charge is 0.255 e. The van der Waals surface area contributed by atoms with Crippen LogP contribution in [0.2, 0.25) is 0 Å². The van der Waals surface area contributed by atoms with Gasteiger partial charge < -0.3 is 5.32 Å². The highest BCUT2D eigenvalue weighted by Gasteiger charge is 2.14. The first-order valence-electron chi connectivity index (χ1n) is 7.66. The Hall–Kier alpha value is -2.44. The van der Waals surface area contributed by atoms with Crippen LogP contribution in [-0.2, 0) is 5.41 Å². The molecule has 0 aliphatic carbocycles. The van der Waals surface area contributed by atoms with E-state index in [1.807, 2.05) is 42.5 Å². The summed E-state index contributed by atoms with van der Waals surface area (Å²) in [6, 6.07) is 13.3. The van der Waals surface area contributed by atoms with E-state index >= 15 is 0 Å². The average molecular weight is 340 g/mol. The Morgan fingerprint density at radius 3 is 2.46 bits per heavy atom. The van der Waals surface area contributed by atoms with E-state index in [1.165, 1.54) is 16.9 Å². The number of hydrazine groups is 1. The summed E-state index contributed by atoms with van der Waals surface area (Å²) in [6.45, 7) is 6.45. The molecular weight excluding hydrogens is 320 g/mol. The van der Waals surface area contributed by atoms with Crippen LogP contribution < -0.4 is 16.6 Å². The van der Waals surface area contributed by atoms with Crippen LogP contribution in [0.4, 0.5) is 10.8 Å². The standard InChI is InChI=1S/C18H20N4OS/c1-18(2,3)12-6-4-11(5-7-12)16(23)20-13-8-9-14-15(10-13)24-17(21-14)22-19/h4-10H,19H2,1-3H3,(H,20,23)(H,21,22). The van der Waals surface area contributed by atoms with Crippen molar-refractivity contribution in [1.82, 2.24) is 4.98 Å². The number of carbonyl (C=O) groups excluding carboxylic acids is 1. The first kappa shape index (κ1) is 16.4. The van der Waals surface area contributed by atoms with Crippen molar-refractivity contribution in [1.29, 1.82) is 0 Å². The van der Waals surface area contributed by atoms with Gasteiger partial charge in [0.1, 0.15) is 0 Å². The summed E-state index contributed by atoms with van der Waals surface area (Å²) in [5, 5.41) is 3.57. The third-order valence-electron chi connectivity index (χ3n) is 3.78. The normalized spacial score (nSPS) is 11.5. The molecule has 0 spiro atoms. The average Bonchev–Trinajstić information content (AvgIpc) is 2.96. The fourth-order valence-electron chi connectivity index (χ4n) is 2.39. The second-order valence-electron chi connectivity index (χ2n) is 6.63. The molecule has 3 rings (SSSR count). The molecule has 0 radical (unpaired) electrons. The van der Waals surface area contributed by atoms with Crippen molar-refractivity contribution >= 4 is 38.3 Å². The Morgan fingerprint density at radius 1 is 1.12 bits per heavy atom. The number of hydrogen-bond donors (Lipinski definition) is 3. The third kappa shape index (κ3) is 3.39. The van der Waals surface area contributed by atoms with Gasteiger partial charge in [0.05, 0.1) is 10.2 Å². The van der Waals surface area contributed by atoms with Crippen LogP contribution in [0.3, 0.4) is 0 Å². The maximum atomic E-state index is 12.4. The number of nitrogens with one attached hydrogen (secondary N) is 2. The van der Waals surface area contributed by atoms with Gasteiger partial charge in [0, 0.05) is 11.3 Å². The topological polar surface area (TPSA) is 80.0 Å². The molecule has 3 aromatic rings. The first-order chi connectivity index (χ1) is 11.4. The summed E-state index contributed by atoms with van der Waals surface area (Å²) < 4.78 is 0.962. The Morgan fingerprint density at radius 2 is 1.83 bits per heavy atom. The van der Waals surface area contributed by atoms with E-state index in [0.29, 0.717) is 10.7 Å². The van der Waals surface area contributed by atoms with E-state index in [1.54, 1.807) is 0 Å². The summed E-state index contributed by atoms with van der Waals surface area (Å²) in [4.78, 5) is 16.7. The molecule has 0 saturated carbocycles. The number of carbonyl (C=O) groups is 1. The molecule has 1 amide bonds. The van der Waals surface area contributed by atoms with Gasteiger partial charge in [-0.15, -0.1) is 0 Å². The second kappa shape index (κ2) is 6.22. The third-order valence-corrected chi connectivity index (χ3v) is 4.73. The molecule has 0 saturated heterocycles. The molecule has 1 heterocycles. The number of nitrogens with two attached hydrogens (primary N) is 1. The number of fused-ring (bicyclic) bond motifs is 1. The fourth-order valence-corrected chi connectivity index (χ4v) is 3.20. The van der Waals surface area contributed by atoms with Crippen LogP contribution in [-0.4, -0.2) is 10.9 Å². The quantitative estimate of drug-likeness (QED) is 0.495. The Labute approximate surface area is 144 Å². The van der Waals surface area contributed by atoms with Crippen LogP contribution in [0.5, 0.6) is 0 Å². The lowest BCUT2D eigenvalue weighted by Gasteiger charge is -2.19. The summed E-state index contributed by atoms with van der Waals surface area (Å²) in [7, 11) is 0. The van der Waals surface area contributed by atoms with Crippen molar-refractivity contribution < 1.29 is 4.79 Å². The van der Waals surface area contributed by atoms with E-state index in [-0.39, 0.29) is 11.3 Å². The van der Waals surface area contributed by atoms with Gasteiger partial charge in [-0.25, -0.2) is 10.8 Å². The lowest BCUT2D eigenvalue weighted by atomic mass is 9.87. The number of rotatable bonds is 3. The number of amides is 1. The van der Waals surface area contributed by atoms with E-state index in [0.717, 1.165) is 15.9 Å². The Balaban J connectivity index is 1.79. The summed E-state index contributed by atoms with van der Waals surface area (Å²) in [5.41, 5.74) is 6.03. The highest BCUT2D eigenvalue weighted by atomic mass is 32.1. The molecule has 0 bridgehead atoms. The lowest BCUT2D eigenvalue weighted by Crippen LogP contribution is -2.14. The highest BCUT2D eigenvalue weighted by molar-refractivity contribution is 7.22. The minimum absolute atomic E-state index is 0.0704. The number of anilines is 2. The fraction of sp³-hybridized carbons (Fsp3) is 0.222. The van der Waals surface area contributed by atoms with Gasteiger partial charge in [0.25, 0.3) is 5.91 Å². The van der Waals surface area contributed by atoms with Gasteiger partial charge in [0.15, 0.2) is 5.13 Å². The number of nitrogens with zero attached hydrogens (tertiary/aromatic N) is 1. The molecule has 0 unspecified atom stereocenters. The molecule has 124 valence electrons. The largest absolute Gasteiger partial charge is 0.322 e. The molecule has 0 aliphatic heterocycles. The molecule has 6 heteroatoms. The molecule has 24 heavy (non-hydrogen) atoms. The molecule has 1 aromatic heterocycles. The molecule has 0 aliphatic rings. The van der Waals surface area contributed by atoms with Gasteiger partial charge in [-0.05, 0) is 41.3 Å². The molecule has 0 fully saturated rings. The van der Waals surface area contributed by atoms with Crippen molar-refractivity contribution in [3.05, 3.63) is 53.6 Å². The predicted molar refractivity (Wildman–Crippen MR) is 101 cm³/mol. The van der Waals surface area contributed by atoms with Gasteiger partial charge in [0.2, 0.25) is 0 Å². The number of nitrogen functional groups attached to an aromatic ring is 1. The Bertz CT molecular complexity index is 878. The van der Waals surface area contributed by atoms with Gasteiger partial charge in [-0.3, -0.25) is 10.2 Å². The van der Waals surface area contributed by atoms with Crippen molar-refractivity contribution in [3.8, 4) is 0 Å². The van der Waals surface area contributed by atoms with E-state index < -0.39 is 0 Å². The molecule has 4 N–H and O–H groups in total. The minimum Gasteiger partial charge on any atom is -0.322 e. The van der Waals surface area contributed by atoms with Gasteiger partial charge in [-0.1, -0.05) is 44.2 Å². The molecule has 0 atom stereocenters. The van der Waals surface area contributed by atoms with Crippen molar-refractivity contribution in [2.24, 2.45) is 5.84 Å². The van der Waals surface area contributed by atoms with Crippen LogP contribution >= 0.6 is 11.3 Å². The number of thiazole rings is 1. The highest BCUT2D eigenvalue weighted by Crippen LogP contribution is 2.28. The Kier molecular flexibility index (Phi) is 4.26. The van der Waals surface area contributed by atoms with Gasteiger partial charge >= 0.3 is 0 Å². The zero-order valence-electron chi connectivity index (χ0n) is 13.9. The molecule has 2 aromatic carbocycles. The summed E-state index contributed by atoms with van der Waals surface area (Å²) in [6.07, 6.45) is 0. The second-order valence-corrected chi connectivity index (χ2v) is 7.66. The number of aromatic nitrogens is 1. The lowest BCUT2D eigenvalue weighted by molar-refractivity contribution is 0.102. The number of benzene rings is 2. The van der Waals surface area contributed by atoms with Crippen molar-refractivity contribution in [3.63, 3.8) is 0 Å². The van der Waals surface area contributed by atoms with Gasteiger partial charge in [-0.2, -0.15) is 0 Å². The van der Waals surface area contributed by atoms with E-state index in [2.05, 4.69) is 36.5 Å². The molecule has 5 nitrogen and oxygen atoms in total. The van der Waals surface area contributed by atoms with Crippen molar-refractivity contribution in [2.75, 3.05) is 10.7 Å². The first-order valence-corrected chi connectivity index (χ1v) is 8.47. The van der Waals surface area contributed by atoms with Crippen LogP contribution in [0.1, 0.15) is 36.7 Å². The maximum absolute atomic E-state index is 12.4. The molecular formula is C18H20N4OS. The monoisotopic (exact) mass is 340 g/mol. The van der Waals surface area contributed by atoms with E-state index in [4.69, 9.17) is 5.84 Å². The minimum atomic E-state index is -0.128. The number of hydrogen-bond acceptors (Lipinski definition) is 5. The van der Waals surface area contributed by atoms with E-state index in [9.17, 15) is 4.79 Å². The predicted octanol–water partition coefficient (Wildman–Crippen LogP) is 4.13. The zero-order valence-corrected chi connectivity index (χ0v) is 14.7. The van der Waals surface area contributed by atoms with Crippen LogP contribution in [0.25, 0.3) is 10.2 Å².